The molecule has 1 aliphatic rings. The van der Waals surface area contributed by atoms with Crippen LogP contribution in [0.1, 0.15) is 26.2 Å². The van der Waals surface area contributed by atoms with Crippen molar-refractivity contribution in [3.63, 3.8) is 0 Å². The van der Waals surface area contributed by atoms with Crippen LogP contribution in [0, 0.1) is 18.3 Å². The van der Waals surface area contributed by atoms with Gasteiger partial charge in [-0.25, -0.2) is 0 Å². The zero-order chi connectivity index (χ0) is 10.6. The Morgan fingerprint density at radius 2 is 2.14 bits per heavy atom. The van der Waals surface area contributed by atoms with Crippen LogP contribution >= 0.6 is 0 Å². The number of hydrogen-bond acceptors (Lipinski definition) is 2. The molecule has 14 heavy (non-hydrogen) atoms. The lowest BCUT2D eigenvalue weighted by Crippen LogP contribution is -2.34. The molecule has 0 aromatic carbocycles. The predicted octanol–water partition coefficient (Wildman–Crippen LogP) is 0.837. The number of ketones is 1. The maximum Gasteiger partial charge on any atom is 0.230 e. The van der Waals surface area contributed by atoms with Crippen LogP contribution in [0.25, 0.3) is 0 Å². The van der Waals surface area contributed by atoms with Crippen LogP contribution in [0.3, 0.4) is 0 Å². The number of nitrogens with zero attached hydrogens (tertiary/aromatic N) is 1. The zero-order valence-corrected chi connectivity index (χ0v) is 8.45. The Balaban J connectivity index is 2.43. The molecule has 0 aromatic rings. The van der Waals surface area contributed by atoms with E-state index in [9.17, 15) is 9.59 Å². The van der Waals surface area contributed by atoms with Crippen LogP contribution in [0.4, 0.5) is 0 Å². The van der Waals surface area contributed by atoms with Gasteiger partial charge in [-0.3, -0.25) is 9.59 Å². The molecule has 1 rings (SSSR count). The van der Waals surface area contributed by atoms with E-state index in [-0.39, 0.29) is 18.1 Å². The van der Waals surface area contributed by atoms with Crippen LogP contribution in [0.15, 0.2) is 0 Å². The van der Waals surface area contributed by atoms with Gasteiger partial charge in [0.05, 0.1) is 13.0 Å². The molecule has 0 spiro atoms. The normalized spacial score (nSPS) is 14.6. The molecule has 3 heteroatoms. The van der Waals surface area contributed by atoms with E-state index in [1.165, 1.54) is 19.8 Å². The van der Waals surface area contributed by atoms with Crippen molar-refractivity contribution in [2.24, 2.45) is 5.92 Å². The van der Waals surface area contributed by atoms with Crippen LogP contribution in [-0.2, 0) is 9.59 Å². The Kier molecular flexibility index (Phi) is 3.70. The molecule has 0 saturated heterocycles. The highest BCUT2D eigenvalue weighted by molar-refractivity contribution is 5.96. The molecule has 3 nitrogen and oxygen atoms in total. The Hall–Kier alpha value is -1.30. The van der Waals surface area contributed by atoms with Gasteiger partial charge in [0.25, 0.3) is 0 Å². The lowest BCUT2D eigenvalue weighted by molar-refractivity contribution is -0.134. The van der Waals surface area contributed by atoms with E-state index in [2.05, 4.69) is 5.92 Å². The van der Waals surface area contributed by atoms with Gasteiger partial charge in [-0.1, -0.05) is 5.92 Å². The quantitative estimate of drug-likeness (QED) is 0.479. The highest BCUT2D eigenvalue weighted by Crippen LogP contribution is 2.29. The molecular formula is C11H15NO2. The molecule has 76 valence electrons. The van der Waals surface area contributed by atoms with Crippen molar-refractivity contribution >= 4 is 11.7 Å². The van der Waals surface area contributed by atoms with E-state index in [0.29, 0.717) is 12.5 Å². The first-order chi connectivity index (χ1) is 6.63. The molecule has 1 amide bonds. The number of rotatable bonds is 5. The van der Waals surface area contributed by atoms with Crippen molar-refractivity contribution in [3.8, 4) is 12.3 Å². The minimum atomic E-state index is -0.137. The number of carbonyl (C=O) groups excluding carboxylic acids is 2. The molecular weight excluding hydrogens is 178 g/mol. The van der Waals surface area contributed by atoms with Crippen LogP contribution in [0.5, 0.6) is 0 Å². The number of hydrogen-bond donors (Lipinski definition) is 0. The summed E-state index contributed by atoms with van der Waals surface area (Å²) in [7, 11) is 0. The smallest absolute Gasteiger partial charge is 0.230 e. The Bertz CT molecular complexity index is 274. The van der Waals surface area contributed by atoms with Crippen molar-refractivity contribution < 1.29 is 9.59 Å². The van der Waals surface area contributed by atoms with Crippen LogP contribution in [0.2, 0.25) is 0 Å². The summed E-state index contributed by atoms with van der Waals surface area (Å²) < 4.78 is 0. The number of Topliss-reactive ketones (excluding diaryl/α,β-unsaturated/α-hetero) is 1. The molecule has 1 saturated carbocycles. The third-order valence-electron chi connectivity index (χ3n) is 2.21. The third kappa shape index (κ3) is 3.61. The van der Waals surface area contributed by atoms with E-state index in [1.807, 2.05) is 0 Å². The van der Waals surface area contributed by atoms with Crippen LogP contribution in [-0.4, -0.2) is 29.7 Å². The fraction of sp³-hybridized carbons (Fsp3) is 0.636. The van der Waals surface area contributed by atoms with Crippen molar-refractivity contribution in [1.29, 1.82) is 0 Å². The predicted molar refractivity (Wildman–Crippen MR) is 53.4 cm³/mol. The first-order valence-corrected chi connectivity index (χ1v) is 4.84. The highest BCUT2D eigenvalue weighted by Gasteiger charge is 2.26. The molecule has 0 unspecified atom stereocenters. The summed E-state index contributed by atoms with van der Waals surface area (Å²) in [6, 6.07) is 0. The standard InChI is InChI=1S/C11H15NO2/c1-3-6-12(8-10-4-5-10)11(14)7-9(2)13/h1,10H,4-8H2,2H3. The van der Waals surface area contributed by atoms with Gasteiger partial charge >= 0.3 is 0 Å². The fourth-order valence-corrected chi connectivity index (χ4v) is 1.30. The summed E-state index contributed by atoms with van der Waals surface area (Å²) in [5, 5.41) is 0. The average Bonchev–Trinajstić information content (AvgIpc) is 2.86. The minimum absolute atomic E-state index is 0.0194. The monoisotopic (exact) mass is 193 g/mol. The van der Waals surface area contributed by atoms with Crippen molar-refractivity contribution in [2.45, 2.75) is 26.2 Å². The largest absolute Gasteiger partial charge is 0.331 e. The second-order valence-corrected chi connectivity index (χ2v) is 3.80. The lowest BCUT2D eigenvalue weighted by atomic mass is 10.2. The number of terminal acetylenes is 1. The highest BCUT2D eigenvalue weighted by atomic mass is 16.2. The third-order valence-corrected chi connectivity index (χ3v) is 2.21. The molecule has 1 fully saturated rings. The van der Waals surface area contributed by atoms with E-state index >= 15 is 0 Å². The minimum Gasteiger partial charge on any atom is -0.331 e. The second-order valence-electron chi connectivity index (χ2n) is 3.80. The van der Waals surface area contributed by atoms with Gasteiger partial charge in [-0.05, 0) is 25.7 Å². The molecule has 0 atom stereocenters. The van der Waals surface area contributed by atoms with Crippen molar-refractivity contribution in [2.75, 3.05) is 13.1 Å². The van der Waals surface area contributed by atoms with Gasteiger partial charge in [0, 0.05) is 6.54 Å². The Labute approximate surface area is 84.5 Å². The fourth-order valence-electron chi connectivity index (χ4n) is 1.30. The topological polar surface area (TPSA) is 37.4 Å². The van der Waals surface area contributed by atoms with Gasteiger partial charge in [0.2, 0.25) is 5.91 Å². The lowest BCUT2D eigenvalue weighted by Gasteiger charge is -2.19. The summed E-state index contributed by atoms with van der Waals surface area (Å²) in [5.74, 6) is 2.82. The maximum absolute atomic E-state index is 11.5. The van der Waals surface area contributed by atoms with E-state index < -0.39 is 0 Å². The van der Waals surface area contributed by atoms with Gasteiger partial charge < -0.3 is 4.90 Å². The van der Waals surface area contributed by atoms with E-state index in [1.54, 1.807) is 4.90 Å². The average molecular weight is 193 g/mol. The van der Waals surface area contributed by atoms with Crippen LogP contribution < -0.4 is 0 Å². The molecule has 0 bridgehead atoms. The van der Waals surface area contributed by atoms with Crippen molar-refractivity contribution in [3.05, 3.63) is 0 Å². The summed E-state index contributed by atoms with van der Waals surface area (Å²) in [4.78, 5) is 23.9. The maximum atomic E-state index is 11.5. The van der Waals surface area contributed by atoms with E-state index in [4.69, 9.17) is 6.42 Å². The first kappa shape index (κ1) is 10.8. The molecule has 0 heterocycles. The molecule has 0 N–H and O–H groups in total. The second kappa shape index (κ2) is 4.80. The van der Waals surface area contributed by atoms with Gasteiger partial charge in [-0.2, -0.15) is 0 Å². The molecule has 0 aliphatic heterocycles. The summed E-state index contributed by atoms with van der Waals surface area (Å²) in [6.45, 7) is 2.46. The van der Waals surface area contributed by atoms with Crippen molar-refractivity contribution in [1.82, 2.24) is 4.90 Å². The number of amides is 1. The Morgan fingerprint density at radius 3 is 2.57 bits per heavy atom. The number of carbonyl (C=O) groups is 2. The van der Waals surface area contributed by atoms with Gasteiger partial charge in [0.1, 0.15) is 5.78 Å². The first-order valence-electron chi connectivity index (χ1n) is 4.84. The van der Waals surface area contributed by atoms with Gasteiger partial charge in [-0.15, -0.1) is 6.42 Å². The molecule has 0 radical (unpaired) electrons. The Morgan fingerprint density at radius 1 is 1.50 bits per heavy atom. The van der Waals surface area contributed by atoms with Gasteiger partial charge in [0.15, 0.2) is 0 Å². The molecule has 0 aromatic heterocycles. The summed E-state index contributed by atoms with van der Waals surface area (Å²) in [5.41, 5.74) is 0. The SMILES string of the molecule is C#CCN(CC1CC1)C(=O)CC(C)=O. The zero-order valence-electron chi connectivity index (χ0n) is 8.45. The van der Waals surface area contributed by atoms with E-state index in [0.717, 1.165) is 6.54 Å². The molecule has 1 aliphatic carbocycles. The summed E-state index contributed by atoms with van der Waals surface area (Å²) in [6.07, 6.45) is 7.50. The summed E-state index contributed by atoms with van der Waals surface area (Å²) >= 11 is 0.